The van der Waals surface area contributed by atoms with Gasteiger partial charge < -0.3 is 20.3 Å². The van der Waals surface area contributed by atoms with Gasteiger partial charge in [-0.1, -0.05) is 6.07 Å². The first-order valence-corrected chi connectivity index (χ1v) is 10.4. The highest BCUT2D eigenvalue weighted by atomic mass is 19.4. The molecule has 7 nitrogen and oxygen atoms in total. The summed E-state index contributed by atoms with van der Waals surface area (Å²) in [7, 11) is 0. The summed E-state index contributed by atoms with van der Waals surface area (Å²) in [5.74, 6) is -4.49. The number of nitrogens with one attached hydrogen (secondary N) is 2. The number of alkyl halides is 5. The van der Waals surface area contributed by atoms with Crippen LogP contribution >= 0.6 is 0 Å². The van der Waals surface area contributed by atoms with Crippen molar-refractivity contribution in [2.45, 2.75) is 45.0 Å². The van der Waals surface area contributed by atoms with Crippen molar-refractivity contribution >= 4 is 23.3 Å². The smallest absolute Gasteiger partial charge is 0.406 e. The highest BCUT2D eigenvalue weighted by Crippen LogP contribution is 2.32. The van der Waals surface area contributed by atoms with Crippen molar-refractivity contribution < 1.29 is 36.3 Å². The summed E-state index contributed by atoms with van der Waals surface area (Å²) in [5.41, 5.74) is 0.968. The lowest BCUT2D eigenvalue weighted by Gasteiger charge is -2.39. The van der Waals surface area contributed by atoms with Gasteiger partial charge in [-0.05, 0) is 37.1 Å². The van der Waals surface area contributed by atoms with E-state index in [1.165, 1.54) is 13.0 Å². The maximum atomic E-state index is 14.1. The lowest BCUT2D eigenvalue weighted by molar-refractivity contribution is -0.274. The van der Waals surface area contributed by atoms with Gasteiger partial charge in [-0.25, -0.2) is 13.8 Å². The molecule has 1 saturated heterocycles. The molecule has 184 valence electrons. The number of carbonyl (C=O) groups is 2. The van der Waals surface area contributed by atoms with E-state index in [2.05, 4.69) is 20.4 Å². The van der Waals surface area contributed by atoms with Gasteiger partial charge in [0.05, 0.1) is 6.54 Å². The number of aromatic nitrogens is 1. The van der Waals surface area contributed by atoms with Crippen molar-refractivity contribution in [2.24, 2.45) is 0 Å². The zero-order chi connectivity index (χ0) is 25.1. The van der Waals surface area contributed by atoms with Crippen molar-refractivity contribution in [3.63, 3.8) is 0 Å². The van der Waals surface area contributed by atoms with Gasteiger partial charge >= 0.3 is 6.36 Å². The number of aryl methyl sites for hydroxylation is 1. The largest absolute Gasteiger partial charge is 0.573 e. The molecule has 1 atom stereocenters. The number of benzene rings is 1. The Morgan fingerprint density at radius 2 is 1.97 bits per heavy atom. The van der Waals surface area contributed by atoms with Crippen LogP contribution in [0.2, 0.25) is 0 Å². The van der Waals surface area contributed by atoms with Crippen molar-refractivity contribution in [3.05, 3.63) is 47.7 Å². The van der Waals surface area contributed by atoms with Crippen molar-refractivity contribution in [1.29, 1.82) is 0 Å². The van der Waals surface area contributed by atoms with Crippen LogP contribution in [0.3, 0.4) is 0 Å². The number of nitrogens with zero attached hydrogens (tertiary/aromatic N) is 2. The molecule has 0 bridgehead atoms. The number of halogens is 5. The van der Waals surface area contributed by atoms with Gasteiger partial charge in [-0.3, -0.25) is 9.59 Å². The van der Waals surface area contributed by atoms with Crippen LogP contribution in [0.4, 0.5) is 33.5 Å². The highest BCUT2D eigenvalue weighted by molar-refractivity contribution is 5.97. The maximum absolute atomic E-state index is 14.1. The Labute approximate surface area is 192 Å². The number of hydrogen-bond donors (Lipinski definition) is 2. The molecule has 2 amide bonds. The number of anilines is 2. The minimum atomic E-state index is -4.87. The van der Waals surface area contributed by atoms with Crippen LogP contribution < -0.4 is 15.4 Å². The SMILES string of the molecule is CC(=O)NC[C@H]1CCC(F)(F)CN1C(=O)c1cc(Nc2cc(OC(F)(F)F)ccn2)ccc1C. The maximum Gasteiger partial charge on any atom is 0.573 e. The summed E-state index contributed by atoms with van der Waals surface area (Å²) in [6, 6.07) is 6.03. The van der Waals surface area contributed by atoms with E-state index in [4.69, 9.17) is 0 Å². The van der Waals surface area contributed by atoms with Crippen LogP contribution in [-0.2, 0) is 4.79 Å². The fourth-order valence-electron chi connectivity index (χ4n) is 3.61. The topological polar surface area (TPSA) is 83.6 Å². The number of pyridine rings is 1. The van der Waals surface area contributed by atoms with Crippen LogP contribution in [0.15, 0.2) is 36.5 Å². The second-order valence-corrected chi connectivity index (χ2v) is 8.00. The summed E-state index contributed by atoms with van der Waals surface area (Å²) >= 11 is 0. The minimum Gasteiger partial charge on any atom is -0.406 e. The lowest BCUT2D eigenvalue weighted by Crippen LogP contribution is -2.55. The van der Waals surface area contributed by atoms with Crippen LogP contribution in [0.5, 0.6) is 5.75 Å². The number of ether oxygens (including phenoxy) is 1. The van der Waals surface area contributed by atoms with E-state index in [9.17, 15) is 31.5 Å². The van der Waals surface area contributed by atoms with Crippen LogP contribution in [0.25, 0.3) is 0 Å². The van der Waals surface area contributed by atoms with E-state index in [1.807, 2.05) is 0 Å². The van der Waals surface area contributed by atoms with E-state index in [-0.39, 0.29) is 30.3 Å². The third kappa shape index (κ3) is 6.78. The van der Waals surface area contributed by atoms with Gasteiger partial charge in [0.1, 0.15) is 11.6 Å². The molecule has 0 spiro atoms. The molecule has 12 heteroatoms. The van der Waals surface area contributed by atoms with Crippen LogP contribution in [0.1, 0.15) is 35.7 Å². The Kier molecular flexibility index (Phi) is 7.27. The van der Waals surface area contributed by atoms with Gasteiger partial charge in [-0.2, -0.15) is 0 Å². The quantitative estimate of drug-likeness (QED) is 0.592. The summed E-state index contributed by atoms with van der Waals surface area (Å²) in [6.07, 6.45) is -4.13. The van der Waals surface area contributed by atoms with E-state index in [1.54, 1.807) is 19.1 Å². The molecular formula is C22H23F5N4O3. The Morgan fingerprint density at radius 3 is 2.65 bits per heavy atom. The lowest BCUT2D eigenvalue weighted by atomic mass is 9.96. The van der Waals surface area contributed by atoms with Gasteiger partial charge in [-0.15, -0.1) is 13.2 Å². The predicted octanol–water partition coefficient (Wildman–Crippen LogP) is 4.41. The van der Waals surface area contributed by atoms with Crippen LogP contribution in [0, 0.1) is 6.92 Å². The second kappa shape index (κ2) is 9.82. The monoisotopic (exact) mass is 486 g/mol. The average Bonchev–Trinajstić information content (AvgIpc) is 2.72. The van der Waals surface area contributed by atoms with E-state index in [0.29, 0.717) is 11.3 Å². The van der Waals surface area contributed by atoms with Crippen molar-refractivity contribution in [1.82, 2.24) is 15.2 Å². The summed E-state index contributed by atoms with van der Waals surface area (Å²) < 4.78 is 69.5. The third-order valence-electron chi connectivity index (χ3n) is 5.24. The standard InChI is InChI=1S/C22H23F5N4O3/c1-13-3-4-15(30-19-10-17(6-8-28-19)34-22(25,26)27)9-18(13)20(33)31-12-21(23,24)7-5-16(31)11-29-14(2)32/h3-4,6,8-10,16H,5,7,11-12H2,1-2H3,(H,28,30)(H,29,32)/t16-/m1/s1. The molecule has 3 rings (SSSR count). The Hall–Kier alpha value is -3.44. The molecule has 0 unspecified atom stereocenters. The zero-order valence-corrected chi connectivity index (χ0v) is 18.4. The van der Waals surface area contributed by atoms with Crippen LogP contribution in [-0.4, -0.2) is 53.1 Å². The molecule has 1 aromatic carbocycles. The van der Waals surface area contributed by atoms with Gasteiger partial charge in [0.25, 0.3) is 11.8 Å². The molecule has 0 radical (unpaired) electrons. The zero-order valence-electron chi connectivity index (χ0n) is 18.4. The summed E-state index contributed by atoms with van der Waals surface area (Å²) in [5, 5.41) is 5.36. The molecule has 1 aromatic heterocycles. The molecule has 2 N–H and O–H groups in total. The molecule has 34 heavy (non-hydrogen) atoms. The molecule has 0 saturated carbocycles. The Balaban J connectivity index is 1.83. The molecular weight excluding hydrogens is 463 g/mol. The second-order valence-electron chi connectivity index (χ2n) is 8.00. The average molecular weight is 486 g/mol. The van der Waals surface area contributed by atoms with E-state index < -0.39 is 42.9 Å². The normalized spacial score (nSPS) is 17.7. The Morgan fingerprint density at radius 1 is 1.24 bits per heavy atom. The minimum absolute atomic E-state index is 0.0198. The fraction of sp³-hybridized carbons (Fsp3) is 0.409. The molecule has 1 aliphatic rings. The molecule has 1 fully saturated rings. The van der Waals surface area contributed by atoms with Gasteiger partial charge in [0.2, 0.25) is 5.91 Å². The Bertz CT molecular complexity index is 1060. The molecule has 2 heterocycles. The van der Waals surface area contributed by atoms with Crippen molar-refractivity contribution in [3.8, 4) is 5.75 Å². The number of piperidine rings is 1. The number of amides is 2. The molecule has 0 aliphatic carbocycles. The molecule has 1 aliphatic heterocycles. The fourth-order valence-corrected chi connectivity index (χ4v) is 3.61. The summed E-state index contributed by atoms with van der Waals surface area (Å²) in [6.45, 7) is 2.19. The third-order valence-corrected chi connectivity index (χ3v) is 5.24. The first-order valence-electron chi connectivity index (χ1n) is 10.4. The van der Waals surface area contributed by atoms with Crippen molar-refractivity contribution in [2.75, 3.05) is 18.4 Å². The number of hydrogen-bond acceptors (Lipinski definition) is 5. The van der Waals surface area contributed by atoms with Gasteiger partial charge in [0, 0.05) is 49.4 Å². The number of likely N-dealkylation sites (tertiary alicyclic amines) is 1. The van der Waals surface area contributed by atoms with E-state index >= 15 is 0 Å². The van der Waals surface area contributed by atoms with Gasteiger partial charge in [0.15, 0.2) is 0 Å². The first kappa shape index (κ1) is 25.2. The number of carbonyl (C=O) groups excluding carboxylic acids is 2. The first-order chi connectivity index (χ1) is 15.8. The highest BCUT2D eigenvalue weighted by Gasteiger charge is 2.42. The predicted molar refractivity (Wildman–Crippen MR) is 113 cm³/mol. The molecule has 2 aromatic rings. The number of rotatable bonds is 6. The summed E-state index contributed by atoms with van der Waals surface area (Å²) in [4.78, 5) is 29.5. The van der Waals surface area contributed by atoms with E-state index in [0.717, 1.165) is 23.2 Å².